The molecule has 1 N–H and O–H groups in total. The highest BCUT2D eigenvalue weighted by Gasteiger charge is 2.03. The van der Waals surface area contributed by atoms with Gasteiger partial charge in [0.2, 0.25) is 0 Å². The second-order valence-corrected chi connectivity index (χ2v) is 6.49. The summed E-state index contributed by atoms with van der Waals surface area (Å²) in [6.45, 7) is 2.03. The van der Waals surface area contributed by atoms with Crippen molar-refractivity contribution in [3.05, 3.63) is 44.4 Å². The predicted molar refractivity (Wildman–Crippen MR) is 84.7 cm³/mol. The van der Waals surface area contributed by atoms with Crippen LogP contribution < -0.4 is 5.32 Å². The molecule has 0 heterocycles. The molecule has 0 spiro atoms. The molecule has 1 aromatic carbocycles. The minimum Gasteiger partial charge on any atom is -0.312 e. The van der Waals surface area contributed by atoms with E-state index in [0.29, 0.717) is 0 Å². The van der Waals surface area contributed by atoms with Gasteiger partial charge in [0.05, 0.1) is 0 Å². The minimum absolute atomic E-state index is 0.944. The Morgan fingerprint density at radius 2 is 2.00 bits per heavy atom. The van der Waals surface area contributed by atoms with Crippen molar-refractivity contribution in [3.63, 3.8) is 0 Å². The Hall–Kier alpha value is -0.120. The standard InChI is InChI=1S/C15H19Br2N/c16-14-7-6-13(10-15(14)17)11-18-9-8-12-4-2-1-3-5-12/h4,6-7,10,18H,1-3,5,8-9,11H2. The zero-order valence-corrected chi connectivity index (χ0v) is 13.7. The summed E-state index contributed by atoms with van der Waals surface area (Å²) in [6.07, 6.45) is 8.99. The fourth-order valence-corrected chi connectivity index (χ4v) is 2.94. The SMILES string of the molecule is Brc1ccc(CNCCC2=CCCCC2)cc1Br. The molecule has 1 aliphatic carbocycles. The summed E-state index contributed by atoms with van der Waals surface area (Å²) in [4.78, 5) is 0. The average Bonchev–Trinajstić information content (AvgIpc) is 2.40. The topological polar surface area (TPSA) is 12.0 Å². The number of rotatable bonds is 5. The first-order valence-corrected chi connectivity index (χ1v) is 8.17. The van der Waals surface area contributed by atoms with Crippen LogP contribution in [0.2, 0.25) is 0 Å². The Morgan fingerprint density at radius 3 is 2.72 bits per heavy atom. The molecule has 0 saturated carbocycles. The third kappa shape index (κ3) is 4.52. The van der Waals surface area contributed by atoms with Gasteiger partial charge in [-0.05, 0) is 88.2 Å². The van der Waals surface area contributed by atoms with E-state index in [9.17, 15) is 0 Å². The van der Waals surface area contributed by atoms with Crippen LogP contribution in [0.4, 0.5) is 0 Å². The van der Waals surface area contributed by atoms with Crippen LogP contribution in [0.1, 0.15) is 37.7 Å². The lowest BCUT2D eigenvalue weighted by atomic mass is 9.97. The van der Waals surface area contributed by atoms with Crippen LogP contribution in [0.25, 0.3) is 0 Å². The Kier molecular flexibility index (Phi) is 5.93. The van der Waals surface area contributed by atoms with Crippen molar-refractivity contribution in [3.8, 4) is 0 Å². The molecule has 0 aromatic heterocycles. The fourth-order valence-electron chi connectivity index (χ4n) is 2.26. The normalized spacial score (nSPS) is 15.6. The second-order valence-electron chi connectivity index (χ2n) is 4.78. The van der Waals surface area contributed by atoms with Crippen LogP contribution in [0, 0.1) is 0 Å². The number of hydrogen-bond donors (Lipinski definition) is 1. The molecular formula is C15H19Br2N. The average molecular weight is 373 g/mol. The molecule has 1 aliphatic rings. The first-order chi connectivity index (χ1) is 8.75. The van der Waals surface area contributed by atoms with E-state index < -0.39 is 0 Å². The third-order valence-corrected chi connectivity index (χ3v) is 5.20. The number of allylic oxidation sites excluding steroid dienone is 1. The van der Waals surface area contributed by atoms with Gasteiger partial charge in [-0.25, -0.2) is 0 Å². The monoisotopic (exact) mass is 371 g/mol. The van der Waals surface area contributed by atoms with Crippen LogP contribution in [-0.2, 0) is 6.54 Å². The van der Waals surface area contributed by atoms with Gasteiger partial charge in [-0.1, -0.05) is 17.7 Å². The van der Waals surface area contributed by atoms with Crippen LogP contribution in [0.3, 0.4) is 0 Å². The van der Waals surface area contributed by atoms with E-state index in [0.717, 1.165) is 22.0 Å². The summed E-state index contributed by atoms with van der Waals surface area (Å²) in [7, 11) is 0. The molecule has 1 aromatic rings. The first kappa shape index (κ1) is 14.3. The summed E-state index contributed by atoms with van der Waals surface area (Å²) in [5, 5.41) is 3.52. The van der Waals surface area contributed by atoms with E-state index in [1.807, 2.05) is 0 Å². The lowest BCUT2D eigenvalue weighted by Gasteiger charge is -2.13. The highest BCUT2D eigenvalue weighted by molar-refractivity contribution is 9.13. The zero-order chi connectivity index (χ0) is 12.8. The van der Waals surface area contributed by atoms with Gasteiger partial charge in [-0.3, -0.25) is 0 Å². The second kappa shape index (κ2) is 7.46. The van der Waals surface area contributed by atoms with Crippen molar-refractivity contribution < 1.29 is 0 Å². The largest absolute Gasteiger partial charge is 0.312 e. The number of nitrogens with one attached hydrogen (secondary N) is 1. The number of benzene rings is 1. The summed E-state index contributed by atoms with van der Waals surface area (Å²) in [5.41, 5.74) is 2.97. The van der Waals surface area contributed by atoms with Crippen LogP contribution in [0.15, 0.2) is 38.8 Å². The molecule has 2 rings (SSSR count). The quantitative estimate of drug-likeness (QED) is 0.553. The van der Waals surface area contributed by atoms with Crippen molar-refractivity contribution in [2.24, 2.45) is 0 Å². The Morgan fingerprint density at radius 1 is 1.11 bits per heavy atom. The van der Waals surface area contributed by atoms with E-state index >= 15 is 0 Å². The summed E-state index contributed by atoms with van der Waals surface area (Å²) < 4.78 is 2.23. The number of halogens is 2. The molecule has 0 radical (unpaired) electrons. The van der Waals surface area contributed by atoms with E-state index in [1.54, 1.807) is 5.57 Å². The van der Waals surface area contributed by atoms with Gasteiger partial charge in [0.15, 0.2) is 0 Å². The van der Waals surface area contributed by atoms with Gasteiger partial charge < -0.3 is 5.32 Å². The molecule has 1 nitrogen and oxygen atoms in total. The van der Waals surface area contributed by atoms with Crippen molar-refractivity contribution in [2.75, 3.05) is 6.54 Å². The molecule has 0 saturated heterocycles. The van der Waals surface area contributed by atoms with E-state index in [4.69, 9.17) is 0 Å². The summed E-state index contributed by atoms with van der Waals surface area (Å²) >= 11 is 7.02. The van der Waals surface area contributed by atoms with Crippen molar-refractivity contribution in [1.82, 2.24) is 5.32 Å². The van der Waals surface area contributed by atoms with Gasteiger partial charge >= 0.3 is 0 Å². The Labute approximate surface area is 126 Å². The van der Waals surface area contributed by atoms with E-state index in [2.05, 4.69) is 61.5 Å². The Balaban J connectivity index is 1.71. The van der Waals surface area contributed by atoms with Crippen molar-refractivity contribution >= 4 is 31.9 Å². The lowest BCUT2D eigenvalue weighted by Crippen LogP contribution is -2.15. The maximum atomic E-state index is 3.53. The molecule has 98 valence electrons. The van der Waals surface area contributed by atoms with Crippen LogP contribution >= 0.6 is 31.9 Å². The molecular weight excluding hydrogens is 354 g/mol. The van der Waals surface area contributed by atoms with Gasteiger partial charge in [0, 0.05) is 15.5 Å². The molecule has 0 fully saturated rings. The van der Waals surface area contributed by atoms with Crippen molar-refractivity contribution in [1.29, 1.82) is 0 Å². The maximum Gasteiger partial charge on any atom is 0.0320 e. The first-order valence-electron chi connectivity index (χ1n) is 6.58. The van der Waals surface area contributed by atoms with Gasteiger partial charge in [0.1, 0.15) is 0 Å². The molecule has 0 atom stereocenters. The molecule has 3 heteroatoms. The Bertz CT molecular complexity index is 427. The molecule has 18 heavy (non-hydrogen) atoms. The van der Waals surface area contributed by atoms with Crippen molar-refractivity contribution in [2.45, 2.75) is 38.6 Å². The molecule has 0 bridgehead atoms. The molecule has 0 unspecified atom stereocenters. The smallest absolute Gasteiger partial charge is 0.0320 e. The third-order valence-electron chi connectivity index (χ3n) is 3.32. The summed E-state index contributed by atoms with van der Waals surface area (Å²) in [6, 6.07) is 6.41. The van der Waals surface area contributed by atoms with Crippen LogP contribution in [0.5, 0.6) is 0 Å². The van der Waals surface area contributed by atoms with Crippen LogP contribution in [-0.4, -0.2) is 6.54 Å². The molecule has 0 aliphatic heterocycles. The highest BCUT2D eigenvalue weighted by Crippen LogP contribution is 2.23. The highest BCUT2D eigenvalue weighted by atomic mass is 79.9. The van der Waals surface area contributed by atoms with E-state index in [1.165, 1.54) is 37.7 Å². The number of hydrogen-bond acceptors (Lipinski definition) is 1. The minimum atomic E-state index is 0.944. The van der Waals surface area contributed by atoms with Gasteiger partial charge in [-0.2, -0.15) is 0 Å². The predicted octanol–water partition coefficient (Wildman–Crippen LogP) is 5.19. The van der Waals surface area contributed by atoms with Gasteiger partial charge in [0.25, 0.3) is 0 Å². The zero-order valence-electron chi connectivity index (χ0n) is 10.5. The van der Waals surface area contributed by atoms with E-state index in [-0.39, 0.29) is 0 Å². The lowest BCUT2D eigenvalue weighted by molar-refractivity contribution is 0.632. The molecule has 0 amide bonds. The fraction of sp³-hybridized carbons (Fsp3) is 0.467. The summed E-state index contributed by atoms with van der Waals surface area (Å²) in [5.74, 6) is 0. The maximum absolute atomic E-state index is 3.53. The van der Waals surface area contributed by atoms with Gasteiger partial charge in [-0.15, -0.1) is 0 Å².